The van der Waals surface area contributed by atoms with Crippen LogP contribution in [-0.4, -0.2) is 11.5 Å². The Bertz CT molecular complexity index is 519. The molecule has 0 atom stereocenters. The number of unbranched alkanes of at least 4 members (excludes halogenated alkanes) is 2. The molecule has 0 amide bonds. The largest absolute Gasteiger partial charge is 0.361 e. The Kier molecular flexibility index (Phi) is 6.06. The molecule has 1 N–H and O–H groups in total. The number of aryl methyl sites for hydroxylation is 2. The summed E-state index contributed by atoms with van der Waals surface area (Å²) in [4.78, 5) is 5.59. The number of nitrogens with zero attached hydrogens (tertiary/aromatic N) is 1. The van der Waals surface area contributed by atoms with Gasteiger partial charge >= 0.3 is 0 Å². The van der Waals surface area contributed by atoms with Crippen LogP contribution in [-0.2, 0) is 12.8 Å². The molecule has 0 saturated carbocycles. The van der Waals surface area contributed by atoms with Gasteiger partial charge in [-0.25, -0.2) is 4.98 Å². The highest BCUT2D eigenvalue weighted by molar-refractivity contribution is 7.15. The van der Waals surface area contributed by atoms with Gasteiger partial charge in [0, 0.05) is 17.6 Å². The lowest BCUT2D eigenvalue weighted by atomic mass is 9.99. The number of benzene rings is 1. The van der Waals surface area contributed by atoms with E-state index in [1.807, 2.05) is 6.20 Å². The zero-order valence-electron chi connectivity index (χ0n) is 12.5. The molecule has 0 aliphatic heterocycles. The van der Waals surface area contributed by atoms with Crippen molar-refractivity contribution in [3.05, 3.63) is 46.5 Å². The van der Waals surface area contributed by atoms with Gasteiger partial charge in [-0.1, -0.05) is 44.0 Å². The number of hydrogen-bond donors (Lipinski definition) is 1. The molecule has 1 aromatic carbocycles. The highest BCUT2D eigenvalue weighted by Gasteiger charge is 2.02. The minimum atomic E-state index is 0.956. The fraction of sp³-hybridized carbons (Fsp3) is 0.471. The first-order valence-electron chi connectivity index (χ1n) is 7.52. The molecule has 20 heavy (non-hydrogen) atoms. The van der Waals surface area contributed by atoms with Crippen molar-refractivity contribution in [2.24, 2.45) is 0 Å². The number of aromatic nitrogens is 1. The Morgan fingerprint density at radius 2 is 1.85 bits per heavy atom. The maximum atomic E-state index is 4.34. The summed E-state index contributed by atoms with van der Waals surface area (Å²) in [6, 6.07) is 8.84. The third-order valence-corrected chi connectivity index (χ3v) is 4.33. The highest BCUT2D eigenvalue weighted by Crippen LogP contribution is 2.17. The Hall–Kier alpha value is -1.35. The summed E-state index contributed by atoms with van der Waals surface area (Å²) in [5.74, 6) is 0. The molecule has 3 heteroatoms. The van der Waals surface area contributed by atoms with Crippen LogP contribution in [0.3, 0.4) is 0 Å². The molecule has 0 aliphatic rings. The second-order valence-corrected chi connectivity index (χ2v) is 6.41. The third-order valence-electron chi connectivity index (χ3n) is 3.46. The van der Waals surface area contributed by atoms with E-state index < -0.39 is 0 Å². The smallest absolute Gasteiger partial charge is 0.182 e. The second kappa shape index (κ2) is 8.05. The van der Waals surface area contributed by atoms with Gasteiger partial charge in [-0.2, -0.15) is 0 Å². The number of anilines is 1. The zero-order chi connectivity index (χ0) is 14.2. The minimum Gasteiger partial charge on any atom is -0.361 e. The molecule has 108 valence electrons. The van der Waals surface area contributed by atoms with E-state index in [0.717, 1.165) is 18.1 Å². The first kappa shape index (κ1) is 15.0. The summed E-state index contributed by atoms with van der Waals surface area (Å²) in [6.45, 7) is 5.30. The van der Waals surface area contributed by atoms with E-state index in [1.54, 1.807) is 11.3 Å². The molecule has 0 aliphatic carbocycles. The van der Waals surface area contributed by atoms with Crippen LogP contribution in [0, 0.1) is 6.92 Å². The van der Waals surface area contributed by atoms with Crippen molar-refractivity contribution in [3.63, 3.8) is 0 Å². The van der Waals surface area contributed by atoms with E-state index in [9.17, 15) is 0 Å². The molecule has 0 fully saturated rings. The molecule has 0 bridgehead atoms. The van der Waals surface area contributed by atoms with Crippen LogP contribution in [0.4, 0.5) is 5.13 Å². The summed E-state index contributed by atoms with van der Waals surface area (Å²) >= 11 is 1.72. The van der Waals surface area contributed by atoms with Gasteiger partial charge in [0.1, 0.15) is 0 Å². The van der Waals surface area contributed by atoms with E-state index in [1.165, 1.54) is 41.7 Å². The lowest BCUT2D eigenvalue weighted by Crippen LogP contribution is -2.06. The summed E-state index contributed by atoms with van der Waals surface area (Å²) in [7, 11) is 0. The maximum Gasteiger partial charge on any atom is 0.182 e. The van der Waals surface area contributed by atoms with Gasteiger partial charge in [-0.05, 0) is 37.3 Å². The Balaban J connectivity index is 1.85. The van der Waals surface area contributed by atoms with Crippen molar-refractivity contribution in [1.29, 1.82) is 0 Å². The van der Waals surface area contributed by atoms with Crippen LogP contribution in [0.2, 0.25) is 0 Å². The minimum absolute atomic E-state index is 0.956. The summed E-state index contributed by atoms with van der Waals surface area (Å²) in [6.07, 6.45) is 8.11. The molecule has 0 spiro atoms. The van der Waals surface area contributed by atoms with Crippen LogP contribution in [0.25, 0.3) is 0 Å². The Morgan fingerprint density at radius 3 is 2.50 bits per heavy atom. The average molecular weight is 288 g/mol. The predicted octanol–water partition coefficient (Wildman–Crippen LogP) is 4.84. The van der Waals surface area contributed by atoms with Crippen molar-refractivity contribution in [2.45, 2.75) is 46.0 Å². The zero-order valence-corrected chi connectivity index (χ0v) is 13.3. The van der Waals surface area contributed by atoms with Gasteiger partial charge in [0.15, 0.2) is 5.13 Å². The first-order valence-corrected chi connectivity index (χ1v) is 8.34. The quantitative estimate of drug-likeness (QED) is 0.703. The number of hydrogen-bond acceptors (Lipinski definition) is 3. The van der Waals surface area contributed by atoms with Gasteiger partial charge in [0.25, 0.3) is 0 Å². The van der Waals surface area contributed by atoms with Gasteiger partial charge in [-0.15, -0.1) is 11.3 Å². The average Bonchev–Trinajstić information content (AvgIpc) is 2.86. The van der Waals surface area contributed by atoms with Crippen LogP contribution >= 0.6 is 11.3 Å². The fourth-order valence-electron chi connectivity index (χ4n) is 2.35. The summed E-state index contributed by atoms with van der Waals surface area (Å²) < 4.78 is 0. The van der Waals surface area contributed by atoms with Gasteiger partial charge in [0.05, 0.1) is 0 Å². The lowest BCUT2D eigenvalue weighted by molar-refractivity contribution is 0.713. The van der Waals surface area contributed by atoms with Gasteiger partial charge in [-0.3, -0.25) is 0 Å². The molecule has 0 saturated heterocycles. The summed E-state index contributed by atoms with van der Waals surface area (Å²) in [5.41, 5.74) is 2.99. The van der Waals surface area contributed by atoms with Gasteiger partial charge < -0.3 is 5.32 Å². The Labute approximate surface area is 126 Å². The topological polar surface area (TPSA) is 24.9 Å². The van der Waals surface area contributed by atoms with Crippen LogP contribution in [0.15, 0.2) is 30.5 Å². The van der Waals surface area contributed by atoms with Crippen LogP contribution in [0.5, 0.6) is 0 Å². The lowest BCUT2D eigenvalue weighted by Gasteiger charge is -2.09. The molecule has 2 nitrogen and oxygen atoms in total. The van der Waals surface area contributed by atoms with E-state index in [4.69, 9.17) is 0 Å². The molecular weight excluding hydrogens is 264 g/mol. The standard InChI is InChI=1S/C17H24N2S/c1-3-4-5-8-15-9-6-7-10-16(15)11-12-18-17-19-13-14(2)20-17/h6-7,9-10,13H,3-5,8,11-12H2,1-2H3,(H,18,19). The Morgan fingerprint density at radius 1 is 1.10 bits per heavy atom. The van der Waals surface area contributed by atoms with Crippen molar-refractivity contribution in [2.75, 3.05) is 11.9 Å². The van der Waals surface area contributed by atoms with Crippen LogP contribution in [0.1, 0.15) is 42.2 Å². The van der Waals surface area contributed by atoms with E-state index >= 15 is 0 Å². The monoisotopic (exact) mass is 288 g/mol. The fourth-order valence-corrected chi connectivity index (χ4v) is 3.04. The summed E-state index contributed by atoms with van der Waals surface area (Å²) in [5, 5.41) is 4.45. The second-order valence-electron chi connectivity index (χ2n) is 5.18. The molecule has 2 rings (SSSR count). The number of rotatable bonds is 8. The highest BCUT2D eigenvalue weighted by atomic mass is 32.1. The maximum absolute atomic E-state index is 4.34. The first-order chi connectivity index (χ1) is 9.79. The number of nitrogens with one attached hydrogen (secondary N) is 1. The van der Waals surface area contributed by atoms with Crippen molar-refractivity contribution >= 4 is 16.5 Å². The van der Waals surface area contributed by atoms with E-state index in [2.05, 4.69) is 48.4 Å². The normalized spacial score (nSPS) is 10.7. The molecular formula is C17H24N2S. The third kappa shape index (κ3) is 4.64. The molecule has 2 aromatic rings. The molecule has 1 heterocycles. The van der Waals surface area contributed by atoms with E-state index in [-0.39, 0.29) is 0 Å². The van der Waals surface area contributed by atoms with Gasteiger partial charge in [0.2, 0.25) is 0 Å². The molecule has 0 unspecified atom stereocenters. The van der Waals surface area contributed by atoms with Crippen molar-refractivity contribution in [1.82, 2.24) is 4.98 Å². The number of thiazole rings is 1. The van der Waals surface area contributed by atoms with Crippen molar-refractivity contribution < 1.29 is 0 Å². The van der Waals surface area contributed by atoms with E-state index in [0.29, 0.717) is 0 Å². The SMILES string of the molecule is CCCCCc1ccccc1CCNc1ncc(C)s1. The van der Waals surface area contributed by atoms with Crippen LogP contribution < -0.4 is 5.32 Å². The molecule has 0 radical (unpaired) electrons. The molecule has 1 aromatic heterocycles. The van der Waals surface area contributed by atoms with Crippen molar-refractivity contribution in [3.8, 4) is 0 Å². The predicted molar refractivity (Wildman–Crippen MR) is 88.7 cm³/mol.